The van der Waals surface area contributed by atoms with Crippen molar-refractivity contribution in [1.29, 1.82) is 0 Å². The number of benzene rings is 1. The Morgan fingerprint density at radius 2 is 1.88 bits per heavy atom. The van der Waals surface area contributed by atoms with Gasteiger partial charge in [0.2, 0.25) is 0 Å². The number of aryl methyl sites for hydroxylation is 2. The van der Waals surface area contributed by atoms with Crippen molar-refractivity contribution in [2.24, 2.45) is 5.73 Å². The lowest BCUT2D eigenvalue weighted by molar-refractivity contribution is 0.315. The van der Waals surface area contributed by atoms with E-state index in [4.69, 9.17) is 10.5 Å². The molecule has 0 aromatic heterocycles. The smallest absolute Gasteiger partial charge is 0.122 e. The Hall–Kier alpha value is -1.02. The third-order valence-electron chi connectivity index (χ3n) is 2.86. The van der Waals surface area contributed by atoms with Gasteiger partial charge in [-0.2, -0.15) is 0 Å². The van der Waals surface area contributed by atoms with Crippen molar-refractivity contribution < 1.29 is 4.74 Å². The molecule has 0 bridgehead atoms. The van der Waals surface area contributed by atoms with Crippen LogP contribution in [0.2, 0.25) is 0 Å². The minimum absolute atomic E-state index is 0.138. The van der Waals surface area contributed by atoms with Gasteiger partial charge in [0.15, 0.2) is 0 Å². The third-order valence-corrected chi connectivity index (χ3v) is 2.86. The van der Waals surface area contributed by atoms with E-state index in [1.807, 2.05) is 0 Å². The lowest BCUT2D eigenvalue weighted by Gasteiger charge is -2.16. The largest absolute Gasteiger partial charge is 0.493 e. The van der Waals surface area contributed by atoms with E-state index in [0.717, 1.165) is 25.2 Å². The van der Waals surface area contributed by atoms with Crippen molar-refractivity contribution in [3.63, 3.8) is 0 Å². The fourth-order valence-electron chi connectivity index (χ4n) is 1.80. The first kappa shape index (κ1) is 13.0. The second-order valence-corrected chi connectivity index (χ2v) is 4.34. The Morgan fingerprint density at radius 1 is 1.19 bits per heavy atom. The predicted molar refractivity (Wildman–Crippen MR) is 68.9 cm³/mol. The second kappa shape index (κ2) is 5.90. The SMILES string of the molecule is CCCOc1cc(C)c(C(N)CC)cc1C. The molecule has 0 saturated heterocycles. The summed E-state index contributed by atoms with van der Waals surface area (Å²) in [7, 11) is 0. The van der Waals surface area contributed by atoms with Gasteiger partial charge in [-0.05, 0) is 49.4 Å². The van der Waals surface area contributed by atoms with E-state index in [9.17, 15) is 0 Å². The molecular weight excluding hydrogens is 198 g/mol. The van der Waals surface area contributed by atoms with E-state index < -0.39 is 0 Å². The molecule has 0 saturated carbocycles. The molecule has 0 aliphatic carbocycles. The van der Waals surface area contributed by atoms with Crippen LogP contribution in [-0.2, 0) is 0 Å². The van der Waals surface area contributed by atoms with Gasteiger partial charge in [-0.1, -0.05) is 19.9 Å². The van der Waals surface area contributed by atoms with Gasteiger partial charge in [-0.25, -0.2) is 0 Å². The molecule has 1 aromatic carbocycles. The van der Waals surface area contributed by atoms with Gasteiger partial charge in [0.1, 0.15) is 5.75 Å². The first-order chi connectivity index (χ1) is 7.60. The normalized spacial score (nSPS) is 12.6. The molecule has 2 nitrogen and oxygen atoms in total. The highest BCUT2D eigenvalue weighted by Gasteiger charge is 2.10. The van der Waals surface area contributed by atoms with Crippen molar-refractivity contribution >= 4 is 0 Å². The van der Waals surface area contributed by atoms with E-state index >= 15 is 0 Å². The molecule has 0 aliphatic heterocycles. The van der Waals surface area contributed by atoms with E-state index in [1.54, 1.807) is 0 Å². The summed E-state index contributed by atoms with van der Waals surface area (Å²) in [6.45, 7) is 9.18. The van der Waals surface area contributed by atoms with Gasteiger partial charge in [-0.3, -0.25) is 0 Å². The minimum atomic E-state index is 0.138. The molecule has 0 amide bonds. The monoisotopic (exact) mass is 221 g/mol. The molecule has 0 fully saturated rings. The zero-order valence-electron chi connectivity index (χ0n) is 10.8. The predicted octanol–water partition coefficient (Wildman–Crippen LogP) is 3.50. The molecule has 0 radical (unpaired) electrons. The molecular formula is C14H23NO. The maximum atomic E-state index is 6.07. The number of hydrogen-bond donors (Lipinski definition) is 1. The highest BCUT2D eigenvalue weighted by atomic mass is 16.5. The van der Waals surface area contributed by atoms with Crippen LogP contribution >= 0.6 is 0 Å². The van der Waals surface area contributed by atoms with Crippen LogP contribution in [-0.4, -0.2) is 6.61 Å². The first-order valence-electron chi connectivity index (χ1n) is 6.09. The molecule has 0 heterocycles. The third kappa shape index (κ3) is 2.99. The lowest BCUT2D eigenvalue weighted by atomic mass is 9.97. The van der Waals surface area contributed by atoms with Crippen LogP contribution in [0.15, 0.2) is 12.1 Å². The Morgan fingerprint density at radius 3 is 2.44 bits per heavy atom. The summed E-state index contributed by atoms with van der Waals surface area (Å²) in [6.07, 6.45) is 2.00. The summed E-state index contributed by atoms with van der Waals surface area (Å²) >= 11 is 0. The van der Waals surface area contributed by atoms with Gasteiger partial charge >= 0.3 is 0 Å². The number of hydrogen-bond acceptors (Lipinski definition) is 2. The van der Waals surface area contributed by atoms with Gasteiger partial charge in [0, 0.05) is 6.04 Å². The molecule has 16 heavy (non-hydrogen) atoms. The zero-order chi connectivity index (χ0) is 12.1. The topological polar surface area (TPSA) is 35.2 Å². The van der Waals surface area contributed by atoms with Crippen LogP contribution in [0.3, 0.4) is 0 Å². The van der Waals surface area contributed by atoms with E-state index in [2.05, 4.69) is 39.8 Å². The Balaban J connectivity index is 2.97. The highest BCUT2D eigenvalue weighted by Crippen LogP contribution is 2.27. The van der Waals surface area contributed by atoms with E-state index in [1.165, 1.54) is 16.7 Å². The highest BCUT2D eigenvalue weighted by molar-refractivity contribution is 5.42. The summed E-state index contributed by atoms with van der Waals surface area (Å²) in [4.78, 5) is 0. The van der Waals surface area contributed by atoms with Gasteiger partial charge in [0.25, 0.3) is 0 Å². The fourth-order valence-corrected chi connectivity index (χ4v) is 1.80. The molecule has 0 aliphatic rings. The zero-order valence-corrected chi connectivity index (χ0v) is 10.8. The summed E-state index contributed by atoms with van der Waals surface area (Å²) in [6, 6.07) is 4.41. The maximum absolute atomic E-state index is 6.07. The Labute approximate surface area is 98.8 Å². The Kier molecular flexibility index (Phi) is 4.81. The summed E-state index contributed by atoms with van der Waals surface area (Å²) in [5.74, 6) is 0.992. The number of ether oxygens (including phenoxy) is 1. The summed E-state index contributed by atoms with van der Waals surface area (Å²) in [5, 5.41) is 0. The first-order valence-corrected chi connectivity index (χ1v) is 6.09. The van der Waals surface area contributed by atoms with E-state index in [0.29, 0.717) is 0 Å². The van der Waals surface area contributed by atoms with Crippen molar-refractivity contribution in [1.82, 2.24) is 0 Å². The molecule has 1 unspecified atom stereocenters. The molecule has 2 N–H and O–H groups in total. The van der Waals surface area contributed by atoms with Crippen molar-refractivity contribution in [2.75, 3.05) is 6.61 Å². The van der Waals surface area contributed by atoms with Crippen LogP contribution in [0.4, 0.5) is 0 Å². The van der Waals surface area contributed by atoms with Gasteiger partial charge in [0.05, 0.1) is 6.61 Å². The molecule has 1 aromatic rings. The minimum Gasteiger partial charge on any atom is -0.493 e. The van der Waals surface area contributed by atoms with Gasteiger partial charge < -0.3 is 10.5 Å². The average molecular weight is 221 g/mol. The summed E-state index contributed by atoms with van der Waals surface area (Å²) in [5.41, 5.74) is 9.72. The number of nitrogens with two attached hydrogens (primary N) is 1. The van der Waals surface area contributed by atoms with Crippen molar-refractivity contribution in [2.45, 2.75) is 46.6 Å². The van der Waals surface area contributed by atoms with Gasteiger partial charge in [-0.15, -0.1) is 0 Å². The van der Waals surface area contributed by atoms with Crippen LogP contribution in [0.5, 0.6) is 5.75 Å². The standard InChI is InChI=1S/C14H23NO/c1-5-7-16-14-9-10(3)12(8-11(14)4)13(15)6-2/h8-9,13H,5-7,15H2,1-4H3. The Bertz CT molecular complexity index is 347. The molecule has 2 heteroatoms. The van der Waals surface area contributed by atoms with Crippen LogP contribution in [0.25, 0.3) is 0 Å². The van der Waals surface area contributed by atoms with Crippen LogP contribution < -0.4 is 10.5 Å². The second-order valence-electron chi connectivity index (χ2n) is 4.34. The lowest BCUT2D eigenvalue weighted by Crippen LogP contribution is -2.11. The van der Waals surface area contributed by atoms with Crippen molar-refractivity contribution in [3.8, 4) is 5.75 Å². The van der Waals surface area contributed by atoms with E-state index in [-0.39, 0.29) is 6.04 Å². The fraction of sp³-hybridized carbons (Fsp3) is 0.571. The van der Waals surface area contributed by atoms with Crippen molar-refractivity contribution in [3.05, 3.63) is 28.8 Å². The quantitative estimate of drug-likeness (QED) is 0.826. The number of rotatable bonds is 5. The average Bonchev–Trinajstić information content (AvgIpc) is 2.28. The molecule has 1 atom stereocenters. The summed E-state index contributed by atoms with van der Waals surface area (Å²) < 4.78 is 5.69. The molecule has 0 spiro atoms. The molecule has 1 rings (SSSR count). The molecule has 90 valence electrons. The van der Waals surface area contributed by atoms with Crippen LogP contribution in [0.1, 0.15) is 49.4 Å². The maximum Gasteiger partial charge on any atom is 0.122 e. The van der Waals surface area contributed by atoms with Crippen LogP contribution in [0, 0.1) is 13.8 Å².